The molecule has 0 saturated carbocycles. The quantitative estimate of drug-likeness (QED) is 0.812. The number of rotatable bonds is 7. The number of anilines is 1. The smallest absolute Gasteiger partial charge is 0.242 e. The molecule has 134 valence electrons. The molecule has 1 aromatic heterocycles. The minimum atomic E-state index is -3.54. The Morgan fingerprint density at radius 2 is 2.04 bits per heavy atom. The summed E-state index contributed by atoms with van der Waals surface area (Å²) in [5, 5.41) is 2.74. The number of hydrogen-bond donors (Lipinski definition) is 1. The van der Waals surface area contributed by atoms with E-state index in [1.165, 1.54) is 27.3 Å². The molecule has 0 fully saturated rings. The number of carbonyl (C=O) groups is 1. The minimum absolute atomic E-state index is 0.168. The second-order valence-corrected chi connectivity index (χ2v) is 7.70. The van der Waals surface area contributed by atoms with Crippen LogP contribution in [0.25, 0.3) is 0 Å². The number of pyridine rings is 1. The van der Waals surface area contributed by atoms with E-state index in [0.717, 1.165) is 4.31 Å². The second-order valence-electron chi connectivity index (χ2n) is 5.55. The minimum Gasteiger partial charge on any atom is -0.496 e. The maximum Gasteiger partial charge on any atom is 0.242 e. The lowest BCUT2D eigenvalue weighted by molar-refractivity contribution is -0.116. The monoisotopic (exact) mass is 363 g/mol. The summed E-state index contributed by atoms with van der Waals surface area (Å²) in [5.74, 6) is 0.364. The van der Waals surface area contributed by atoms with Crippen molar-refractivity contribution in [3.8, 4) is 5.75 Å². The fraction of sp³-hybridized carbons (Fsp3) is 0.294. The van der Waals surface area contributed by atoms with E-state index in [9.17, 15) is 13.2 Å². The van der Waals surface area contributed by atoms with Gasteiger partial charge in [0.1, 0.15) is 5.75 Å². The third kappa shape index (κ3) is 4.77. The van der Waals surface area contributed by atoms with E-state index in [4.69, 9.17) is 4.74 Å². The number of sulfonamides is 1. The maximum atomic E-state index is 12.3. The van der Waals surface area contributed by atoms with Crippen LogP contribution in [-0.2, 0) is 21.2 Å². The molecule has 2 rings (SSSR count). The first-order valence-corrected chi connectivity index (χ1v) is 9.08. The van der Waals surface area contributed by atoms with Crippen LogP contribution in [-0.4, -0.2) is 44.8 Å². The van der Waals surface area contributed by atoms with Crippen molar-refractivity contribution in [2.24, 2.45) is 0 Å². The number of aryl methyl sites for hydroxylation is 1. The van der Waals surface area contributed by atoms with Gasteiger partial charge in [0.2, 0.25) is 15.9 Å². The zero-order valence-electron chi connectivity index (χ0n) is 14.4. The van der Waals surface area contributed by atoms with Gasteiger partial charge in [-0.15, -0.1) is 0 Å². The van der Waals surface area contributed by atoms with Crippen LogP contribution >= 0.6 is 0 Å². The predicted octanol–water partition coefficient (Wildman–Crippen LogP) is 1.91. The summed E-state index contributed by atoms with van der Waals surface area (Å²) in [7, 11) is 0.912. The number of hydrogen-bond acceptors (Lipinski definition) is 5. The lowest BCUT2D eigenvalue weighted by atomic mass is 10.1. The van der Waals surface area contributed by atoms with Crippen molar-refractivity contribution in [1.82, 2.24) is 9.29 Å². The Morgan fingerprint density at radius 3 is 2.64 bits per heavy atom. The van der Waals surface area contributed by atoms with Gasteiger partial charge in [0, 0.05) is 26.7 Å². The summed E-state index contributed by atoms with van der Waals surface area (Å²) in [5.41, 5.74) is 1.27. The summed E-state index contributed by atoms with van der Waals surface area (Å²) < 4.78 is 30.9. The first-order chi connectivity index (χ1) is 11.8. The van der Waals surface area contributed by atoms with Crippen LogP contribution in [0.3, 0.4) is 0 Å². The maximum absolute atomic E-state index is 12.3. The van der Waals surface area contributed by atoms with Crippen molar-refractivity contribution in [1.29, 1.82) is 0 Å². The Morgan fingerprint density at radius 1 is 1.28 bits per heavy atom. The van der Waals surface area contributed by atoms with E-state index in [-0.39, 0.29) is 17.2 Å². The first-order valence-electron chi connectivity index (χ1n) is 7.64. The average Bonchev–Trinajstić information content (AvgIpc) is 2.60. The molecule has 0 spiro atoms. The summed E-state index contributed by atoms with van der Waals surface area (Å²) in [4.78, 5) is 16.2. The average molecular weight is 363 g/mol. The molecule has 1 N–H and O–H groups in total. The second kappa shape index (κ2) is 8.09. The predicted molar refractivity (Wildman–Crippen MR) is 95.1 cm³/mol. The lowest BCUT2D eigenvalue weighted by Gasteiger charge is -2.14. The van der Waals surface area contributed by atoms with Crippen LogP contribution < -0.4 is 10.1 Å². The number of amides is 1. The molecule has 0 bridgehead atoms. The topological polar surface area (TPSA) is 88.6 Å². The highest BCUT2D eigenvalue weighted by Crippen LogP contribution is 2.25. The van der Waals surface area contributed by atoms with Gasteiger partial charge in [-0.25, -0.2) is 12.7 Å². The summed E-state index contributed by atoms with van der Waals surface area (Å²) >= 11 is 0. The van der Waals surface area contributed by atoms with Crippen LogP contribution in [0.15, 0.2) is 47.6 Å². The van der Waals surface area contributed by atoms with Gasteiger partial charge >= 0.3 is 0 Å². The van der Waals surface area contributed by atoms with Crippen molar-refractivity contribution in [2.75, 3.05) is 26.5 Å². The van der Waals surface area contributed by atoms with Crippen molar-refractivity contribution in [3.63, 3.8) is 0 Å². The standard InChI is InChI=1S/C17H21N3O4S/c1-20(2)25(22,23)15-7-8-16(24-3)13(11-15)6-9-17(21)19-14-5-4-10-18-12-14/h4-5,7-8,10-12H,6,9H2,1-3H3,(H,19,21). The van der Waals surface area contributed by atoms with E-state index in [1.54, 1.807) is 36.7 Å². The normalized spacial score (nSPS) is 11.4. The van der Waals surface area contributed by atoms with Crippen molar-refractivity contribution in [2.45, 2.75) is 17.7 Å². The molecule has 0 radical (unpaired) electrons. The van der Waals surface area contributed by atoms with Gasteiger partial charge in [0.15, 0.2) is 0 Å². The molecular formula is C17H21N3O4S. The zero-order chi connectivity index (χ0) is 18.4. The van der Waals surface area contributed by atoms with Crippen LogP contribution in [0.1, 0.15) is 12.0 Å². The van der Waals surface area contributed by atoms with Crippen LogP contribution in [0.5, 0.6) is 5.75 Å². The van der Waals surface area contributed by atoms with Crippen molar-refractivity contribution >= 4 is 21.6 Å². The Balaban J connectivity index is 2.14. The Hall–Kier alpha value is -2.45. The number of ether oxygens (including phenoxy) is 1. The van der Waals surface area contributed by atoms with Gasteiger partial charge in [0.25, 0.3) is 0 Å². The van der Waals surface area contributed by atoms with Crippen LogP contribution in [0, 0.1) is 0 Å². The summed E-state index contributed by atoms with van der Waals surface area (Å²) in [6.07, 6.45) is 3.72. The van der Waals surface area contributed by atoms with E-state index < -0.39 is 10.0 Å². The van der Waals surface area contributed by atoms with E-state index in [0.29, 0.717) is 23.4 Å². The van der Waals surface area contributed by atoms with Gasteiger partial charge in [0.05, 0.1) is 23.9 Å². The summed E-state index contributed by atoms with van der Waals surface area (Å²) in [6, 6.07) is 8.12. The highest BCUT2D eigenvalue weighted by atomic mass is 32.2. The van der Waals surface area contributed by atoms with E-state index in [2.05, 4.69) is 10.3 Å². The SMILES string of the molecule is COc1ccc(S(=O)(=O)N(C)C)cc1CCC(=O)Nc1cccnc1. The number of methoxy groups -OCH3 is 1. The van der Waals surface area contributed by atoms with Gasteiger partial charge in [-0.1, -0.05) is 0 Å². The molecule has 0 saturated heterocycles. The van der Waals surface area contributed by atoms with Gasteiger partial charge < -0.3 is 10.1 Å². The molecule has 2 aromatic rings. The number of benzene rings is 1. The Labute approximate surface area is 147 Å². The number of nitrogens with one attached hydrogen (secondary N) is 1. The van der Waals surface area contributed by atoms with Gasteiger partial charge in [-0.2, -0.15) is 0 Å². The Bertz CT molecular complexity index is 836. The Kier molecular flexibility index (Phi) is 6.11. The largest absolute Gasteiger partial charge is 0.496 e. The van der Waals surface area contributed by atoms with Crippen molar-refractivity contribution in [3.05, 3.63) is 48.3 Å². The molecule has 0 aliphatic heterocycles. The highest BCUT2D eigenvalue weighted by molar-refractivity contribution is 7.89. The third-order valence-corrected chi connectivity index (χ3v) is 5.41. The number of aromatic nitrogens is 1. The fourth-order valence-electron chi connectivity index (χ4n) is 2.23. The fourth-order valence-corrected chi connectivity index (χ4v) is 3.18. The first kappa shape index (κ1) is 18.9. The molecule has 0 aliphatic rings. The molecule has 25 heavy (non-hydrogen) atoms. The van der Waals surface area contributed by atoms with E-state index >= 15 is 0 Å². The molecule has 7 nitrogen and oxygen atoms in total. The molecule has 1 amide bonds. The lowest BCUT2D eigenvalue weighted by Crippen LogP contribution is -2.22. The molecule has 0 atom stereocenters. The molecule has 1 aromatic carbocycles. The third-order valence-electron chi connectivity index (χ3n) is 3.60. The van der Waals surface area contributed by atoms with Gasteiger partial charge in [-0.05, 0) is 42.3 Å². The van der Waals surface area contributed by atoms with Crippen molar-refractivity contribution < 1.29 is 17.9 Å². The molecular weight excluding hydrogens is 342 g/mol. The molecule has 0 unspecified atom stereocenters. The molecule has 8 heteroatoms. The summed E-state index contributed by atoms with van der Waals surface area (Å²) in [6.45, 7) is 0. The van der Waals surface area contributed by atoms with Crippen LogP contribution in [0.4, 0.5) is 5.69 Å². The number of nitrogens with zero attached hydrogens (tertiary/aromatic N) is 2. The van der Waals surface area contributed by atoms with Crippen LogP contribution in [0.2, 0.25) is 0 Å². The molecule has 0 aliphatic carbocycles. The van der Waals surface area contributed by atoms with Gasteiger partial charge in [-0.3, -0.25) is 9.78 Å². The zero-order valence-corrected chi connectivity index (χ0v) is 15.2. The van der Waals surface area contributed by atoms with E-state index in [1.807, 2.05) is 0 Å². The molecule has 1 heterocycles. The highest BCUT2D eigenvalue weighted by Gasteiger charge is 2.19. The number of carbonyl (C=O) groups excluding carboxylic acids is 1.